The van der Waals surface area contributed by atoms with Crippen LogP contribution < -0.4 is 9.47 Å². The van der Waals surface area contributed by atoms with Crippen LogP contribution in [0, 0.1) is 6.92 Å². The number of rotatable bonds is 9. The van der Waals surface area contributed by atoms with Crippen molar-refractivity contribution in [3.63, 3.8) is 0 Å². The summed E-state index contributed by atoms with van der Waals surface area (Å²) in [4.78, 5) is 19.6. The molecule has 0 aliphatic heterocycles. The fourth-order valence-electron chi connectivity index (χ4n) is 3.09. The minimum absolute atomic E-state index is 0.184. The number of hydrogen-bond donors (Lipinski definition) is 1. The Morgan fingerprint density at radius 2 is 1.72 bits per heavy atom. The number of oxazole rings is 1. The molecule has 4 aromatic rings. The Morgan fingerprint density at radius 1 is 0.938 bits per heavy atom. The highest BCUT2D eigenvalue weighted by atomic mass is 16.5. The molecule has 0 amide bonds. The summed E-state index contributed by atoms with van der Waals surface area (Å²) in [6.07, 6.45) is 1.37. The first-order chi connectivity index (χ1) is 15.6. The van der Waals surface area contributed by atoms with Crippen molar-refractivity contribution in [2.24, 2.45) is 0 Å². The predicted molar refractivity (Wildman–Crippen MR) is 117 cm³/mol. The Hall–Kier alpha value is -4.13. The Kier molecular flexibility index (Phi) is 6.46. The monoisotopic (exact) mass is 430 g/mol. The number of carbonyl (C=O) groups is 1. The van der Waals surface area contributed by atoms with E-state index < -0.39 is 5.97 Å². The van der Waals surface area contributed by atoms with Gasteiger partial charge in [0.2, 0.25) is 5.89 Å². The van der Waals surface area contributed by atoms with Gasteiger partial charge < -0.3 is 19.0 Å². The lowest BCUT2D eigenvalue weighted by Gasteiger charge is -2.10. The molecule has 2 aromatic heterocycles. The normalized spacial score (nSPS) is 10.7. The summed E-state index contributed by atoms with van der Waals surface area (Å²) < 4.78 is 17.4. The third-order valence-corrected chi connectivity index (χ3v) is 4.77. The van der Waals surface area contributed by atoms with E-state index >= 15 is 0 Å². The fraction of sp³-hybridized carbons (Fsp3) is 0.160. The molecule has 0 aliphatic rings. The second-order valence-corrected chi connectivity index (χ2v) is 7.13. The van der Waals surface area contributed by atoms with E-state index in [1.54, 1.807) is 18.3 Å². The molecule has 0 radical (unpaired) electrons. The van der Waals surface area contributed by atoms with E-state index in [4.69, 9.17) is 19.0 Å². The van der Waals surface area contributed by atoms with Gasteiger partial charge in [0.15, 0.2) is 0 Å². The number of hydrogen-bond acceptors (Lipinski definition) is 6. The Morgan fingerprint density at radius 3 is 2.47 bits per heavy atom. The van der Waals surface area contributed by atoms with Gasteiger partial charge in [-0.3, -0.25) is 9.78 Å². The Bertz CT molecular complexity index is 1190. The maximum Gasteiger partial charge on any atom is 0.309 e. The first-order valence-corrected chi connectivity index (χ1v) is 10.1. The van der Waals surface area contributed by atoms with Crippen LogP contribution in [0.2, 0.25) is 0 Å². The van der Waals surface area contributed by atoms with Crippen molar-refractivity contribution in [1.29, 1.82) is 0 Å². The van der Waals surface area contributed by atoms with Crippen molar-refractivity contribution in [3.8, 4) is 23.0 Å². The summed E-state index contributed by atoms with van der Waals surface area (Å²) in [5.41, 5.74) is 2.99. The molecule has 7 nitrogen and oxygen atoms in total. The molecule has 7 heteroatoms. The smallest absolute Gasteiger partial charge is 0.309 e. The van der Waals surface area contributed by atoms with Gasteiger partial charge >= 0.3 is 5.97 Å². The zero-order chi connectivity index (χ0) is 22.3. The highest BCUT2D eigenvalue weighted by Crippen LogP contribution is 2.23. The number of aryl methyl sites for hydroxylation is 1. The van der Waals surface area contributed by atoms with Crippen molar-refractivity contribution < 1.29 is 23.8 Å². The van der Waals surface area contributed by atoms with E-state index in [1.165, 1.54) is 0 Å². The van der Waals surface area contributed by atoms with Crippen LogP contribution in [0.5, 0.6) is 11.5 Å². The average molecular weight is 430 g/mol. The molecule has 2 aromatic carbocycles. The van der Waals surface area contributed by atoms with Crippen molar-refractivity contribution in [3.05, 3.63) is 95.6 Å². The minimum Gasteiger partial charge on any atom is -0.487 e. The maximum atomic E-state index is 11.0. The van der Waals surface area contributed by atoms with E-state index in [0.717, 1.165) is 22.6 Å². The fourth-order valence-corrected chi connectivity index (χ4v) is 3.09. The van der Waals surface area contributed by atoms with E-state index in [2.05, 4.69) is 9.97 Å². The first-order valence-electron chi connectivity index (χ1n) is 10.1. The number of carboxylic acid groups (broad SMARTS) is 1. The molecule has 2 heterocycles. The number of aliphatic carboxylic acids is 1. The molecule has 0 aliphatic carbocycles. The van der Waals surface area contributed by atoms with Gasteiger partial charge in [0.1, 0.15) is 36.2 Å². The van der Waals surface area contributed by atoms with E-state index in [1.807, 2.05) is 61.5 Å². The minimum atomic E-state index is -0.951. The lowest BCUT2D eigenvalue weighted by Crippen LogP contribution is -2.06. The summed E-state index contributed by atoms with van der Waals surface area (Å²) >= 11 is 0. The van der Waals surface area contributed by atoms with E-state index in [9.17, 15) is 4.79 Å². The molecule has 0 bridgehead atoms. The molecule has 1 N–H and O–H groups in total. The van der Waals surface area contributed by atoms with Crippen LogP contribution in [0.15, 0.2) is 77.3 Å². The molecule has 0 atom stereocenters. The highest BCUT2D eigenvalue weighted by Gasteiger charge is 2.12. The Labute approximate surface area is 185 Å². The predicted octanol–water partition coefficient (Wildman–Crippen LogP) is 4.83. The van der Waals surface area contributed by atoms with Gasteiger partial charge in [-0.25, -0.2) is 4.98 Å². The van der Waals surface area contributed by atoms with Crippen molar-refractivity contribution in [2.75, 3.05) is 0 Å². The van der Waals surface area contributed by atoms with Crippen LogP contribution in [0.3, 0.4) is 0 Å². The molecule has 32 heavy (non-hydrogen) atoms. The lowest BCUT2D eigenvalue weighted by atomic mass is 10.2. The zero-order valence-electron chi connectivity index (χ0n) is 17.5. The zero-order valence-corrected chi connectivity index (χ0v) is 17.5. The number of pyridine rings is 1. The largest absolute Gasteiger partial charge is 0.487 e. The van der Waals surface area contributed by atoms with Crippen LogP contribution in [-0.2, 0) is 24.4 Å². The summed E-state index contributed by atoms with van der Waals surface area (Å²) in [5.74, 6) is 1.51. The number of ether oxygens (including phenoxy) is 2. The van der Waals surface area contributed by atoms with Crippen LogP contribution >= 0.6 is 0 Å². The number of carboxylic acids is 1. The van der Waals surface area contributed by atoms with Gasteiger partial charge in [-0.05, 0) is 48.9 Å². The van der Waals surface area contributed by atoms with Crippen LogP contribution in [0.4, 0.5) is 0 Å². The molecule has 0 saturated carbocycles. The molecular formula is C25H22N2O5. The van der Waals surface area contributed by atoms with Gasteiger partial charge in [-0.15, -0.1) is 0 Å². The van der Waals surface area contributed by atoms with Crippen molar-refractivity contribution in [1.82, 2.24) is 9.97 Å². The highest BCUT2D eigenvalue weighted by molar-refractivity contribution is 5.70. The third-order valence-electron chi connectivity index (χ3n) is 4.77. The topological polar surface area (TPSA) is 94.7 Å². The SMILES string of the molecule is Cc1oc(-c2ccccc2)nc1COc1ccc(COc2cccnc2CC(=O)O)cc1. The van der Waals surface area contributed by atoms with Crippen LogP contribution in [0.1, 0.15) is 22.7 Å². The molecule has 0 spiro atoms. The Balaban J connectivity index is 1.34. The number of benzene rings is 2. The standard InChI is InChI=1S/C25H22N2O5/c1-17-22(27-25(32-17)19-6-3-2-4-7-19)16-30-20-11-9-18(10-12-20)15-31-23-8-5-13-26-21(23)14-24(28)29/h2-13H,14-16H2,1H3,(H,28,29). The van der Waals surface area contributed by atoms with Gasteiger partial charge in [0.05, 0.1) is 12.1 Å². The van der Waals surface area contributed by atoms with Gasteiger partial charge in [0, 0.05) is 11.8 Å². The van der Waals surface area contributed by atoms with Gasteiger partial charge in [-0.2, -0.15) is 0 Å². The second-order valence-electron chi connectivity index (χ2n) is 7.13. The van der Waals surface area contributed by atoms with Crippen LogP contribution in [-0.4, -0.2) is 21.0 Å². The molecule has 162 valence electrons. The van der Waals surface area contributed by atoms with E-state index in [0.29, 0.717) is 36.3 Å². The molecule has 0 saturated heterocycles. The summed E-state index contributed by atoms with van der Waals surface area (Å²) in [6.45, 7) is 2.46. The number of aromatic nitrogens is 2. The first kappa shape index (κ1) is 21.1. The van der Waals surface area contributed by atoms with Crippen molar-refractivity contribution in [2.45, 2.75) is 26.6 Å². The summed E-state index contributed by atoms with van der Waals surface area (Å²) in [6, 6.07) is 20.7. The van der Waals surface area contributed by atoms with E-state index in [-0.39, 0.29) is 6.42 Å². The quantitative estimate of drug-likeness (QED) is 0.406. The van der Waals surface area contributed by atoms with Crippen molar-refractivity contribution >= 4 is 5.97 Å². The molecular weight excluding hydrogens is 408 g/mol. The van der Waals surface area contributed by atoms with Crippen LogP contribution in [0.25, 0.3) is 11.5 Å². The van der Waals surface area contributed by atoms with Gasteiger partial charge in [-0.1, -0.05) is 30.3 Å². The third kappa shape index (κ3) is 5.31. The summed E-state index contributed by atoms with van der Waals surface area (Å²) in [5, 5.41) is 9.00. The molecule has 0 unspecified atom stereocenters. The molecule has 4 rings (SSSR count). The number of nitrogens with zero attached hydrogens (tertiary/aromatic N) is 2. The second kappa shape index (κ2) is 9.78. The van der Waals surface area contributed by atoms with Gasteiger partial charge in [0.25, 0.3) is 0 Å². The summed E-state index contributed by atoms with van der Waals surface area (Å²) in [7, 11) is 0. The molecule has 0 fully saturated rings. The lowest BCUT2D eigenvalue weighted by molar-refractivity contribution is -0.136. The maximum absolute atomic E-state index is 11.0. The average Bonchev–Trinajstić information content (AvgIpc) is 3.18.